The van der Waals surface area contributed by atoms with Gasteiger partial charge in [-0.2, -0.15) is 0 Å². The van der Waals surface area contributed by atoms with Crippen LogP contribution >= 0.6 is 71.0 Å². The van der Waals surface area contributed by atoms with Gasteiger partial charge in [0.05, 0.1) is 0 Å². The fourth-order valence-electron chi connectivity index (χ4n) is 2.29. The van der Waals surface area contributed by atoms with Crippen molar-refractivity contribution in [1.82, 2.24) is 0 Å². The normalized spacial score (nSPS) is 11.7. The number of hydrogen-bond acceptors (Lipinski definition) is 0. The molecule has 2 aromatic carbocycles. The summed E-state index contributed by atoms with van der Waals surface area (Å²) < 4.78 is 0.984. The van der Waals surface area contributed by atoms with E-state index in [0.717, 1.165) is 42.7 Å². The molecule has 2 rings (SSSR count). The van der Waals surface area contributed by atoms with Gasteiger partial charge in [0.2, 0.25) is 0 Å². The van der Waals surface area contributed by atoms with Crippen molar-refractivity contribution in [2.24, 2.45) is 0 Å². The highest BCUT2D eigenvalue weighted by Crippen LogP contribution is 2.38. The summed E-state index contributed by atoms with van der Waals surface area (Å²) in [4.78, 5) is 0. The predicted molar refractivity (Wildman–Crippen MR) is 104 cm³/mol. The first kappa shape index (κ1) is 17.8. The maximum Gasteiger partial charge on any atom is 0.0449 e. The third kappa shape index (κ3) is 4.06. The van der Waals surface area contributed by atoms with E-state index in [-0.39, 0.29) is 5.41 Å². The second-order valence-corrected chi connectivity index (χ2v) is 7.79. The lowest BCUT2D eigenvalue weighted by molar-refractivity contribution is 0.551. The summed E-state index contributed by atoms with van der Waals surface area (Å²) in [5.41, 5.74) is 2.09. The summed E-state index contributed by atoms with van der Waals surface area (Å²) >= 11 is 23.6. The molecule has 0 atom stereocenters. The SMILES string of the molecule is Clc1cc(Br)ccc1CC(CBr)(CBr)c1ccccc1Cl. The van der Waals surface area contributed by atoms with Crippen LogP contribution in [-0.4, -0.2) is 10.7 Å². The monoisotopic (exact) mass is 512 g/mol. The van der Waals surface area contributed by atoms with Crippen molar-refractivity contribution in [3.05, 3.63) is 68.1 Å². The highest BCUT2D eigenvalue weighted by atomic mass is 79.9. The molecule has 2 aromatic rings. The number of halogens is 5. The first-order valence-corrected chi connectivity index (χ1v) is 10.1. The van der Waals surface area contributed by atoms with Gasteiger partial charge < -0.3 is 0 Å². The summed E-state index contributed by atoms with van der Waals surface area (Å²) in [5.74, 6) is 0. The van der Waals surface area contributed by atoms with Crippen LogP contribution in [0.5, 0.6) is 0 Å². The Kier molecular flexibility index (Phi) is 6.64. The Morgan fingerprint density at radius 2 is 1.57 bits per heavy atom. The molecule has 21 heavy (non-hydrogen) atoms. The maximum atomic E-state index is 6.42. The molecule has 0 saturated carbocycles. The summed E-state index contributed by atoms with van der Waals surface area (Å²) in [5, 5.41) is 3.13. The van der Waals surface area contributed by atoms with Crippen LogP contribution < -0.4 is 0 Å². The van der Waals surface area contributed by atoms with Crippen LogP contribution in [0.1, 0.15) is 11.1 Å². The smallest absolute Gasteiger partial charge is 0.0449 e. The van der Waals surface area contributed by atoms with Crippen molar-refractivity contribution in [2.45, 2.75) is 11.8 Å². The topological polar surface area (TPSA) is 0 Å². The molecule has 0 spiro atoms. The molecule has 0 unspecified atom stereocenters. The van der Waals surface area contributed by atoms with Gasteiger partial charge in [0.1, 0.15) is 0 Å². The van der Waals surface area contributed by atoms with Gasteiger partial charge in [0.25, 0.3) is 0 Å². The third-order valence-corrected chi connectivity index (χ3v) is 6.82. The molecule has 0 N–H and O–H groups in total. The molecule has 0 fully saturated rings. The molecule has 0 amide bonds. The molecule has 0 radical (unpaired) electrons. The van der Waals surface area contributed by atoms with Crippen molar-refractivity contribution in [1.29, 1.82) is 0 Å². The van der Waals surface area contributed by atoms with Crippen LogP contribution in [0.3, 0.4) is 0 Å². The van der Waals surface area contributed by atoms with Gasteiger partial charge >= 0.3 is 0 Å². The highest BCUT2D eigenvalue weighted by molar-refractivity contribution is 9.10. The van der Waals surface area contributed by atoms with Crippen molar-refractivity contribution >= 4 is 71.0 Å². The molecule has 0 aliphatic rings. The Hall–Kier alpha value is 0.460. The van der Waals surface area contributed by atoms with Crippen molar-refractivity contribution < 1.29 is 0 Å². The van der Waals surface area contributed by atoms with Gasteiger partial charge in [-0.15, -0.1) is 0 Å². The molecule has 0 aromatic heterocycles. The minimum atomic E-state index is -0.143. The van der Waals surface area contributed by atoms with Crippen LogP contribution in [-0.2, 0) is 11.8 Å². The second-order valence-electron chi connectivity index (χ2n) is 4.94. The van der Waals surface area contributed by atoms with Gasteiger partial charge in [-0.05, 0) is 35.7 Å². The predicted octanol–water partition coefficient (Wildman–Crippen LogP) is 7.03. The van der Waals surface area contributed by atoms with E-state index in [1.807, 2.05) is 30.3 Å². The molecule has 0 bridgehead atoms. The lowest BCUT2D eigenvalue weighted by atomic mass is 9.79. The van der Waals surface area contributed by atoms with E-state index in [1.165, 1.54) is 0 Å². The molecular formula is C16H13Br3Cl2. The molecule has 0 saturated heterocycles. The average Bonchev–Trinajstić information content (AvgIpc) is 2.48. The lowest BCUT2D eigenvalue weighted by Gasteiger charge is -2.32. The number of alkyl halides is 2. The zero-order valence-electron chi connectivity index (χ0n) is 11.1. The zero-order chi connectivity index (χ0) is 15.5. The van der Waals surface area contributed by atoms with Gasteiger partial charge in [-0.3, -0.25) is 0 Å². The van der Waals surface area contributed by atoms with Crippen LogP contribution in [0.15, 0.2) is 46.9 Å². The Balaban J connectivity index is 2.46. The van der Waals surface area contributed by atoms with E-state index in [9.17, 15) is 0 Å². The zero-order valence-corrected chi connectivity index (χ0v) is 17.3. The summed E-state index contributed by atoms with van der Waals surface area (Å²) in [7, 11) is 0. The molecular weight excluding hydrogens is 503 g/mol. The van der Waals surface area contributed by atoms with Crippen LogP contribution in [0.2, 0.25) is 10.0 Å². The number of hydrogen-bond donors (Lipinski definition) is 0. The molecule has 0 heterocycles. The minimum absolute atomic E-state index is 0.143. The third-order valence-electron chi connectivity index (χ3n) is 3.50. The van der Waals surface area contributed by atoms with E-state index in [4.69, 9.17) is 23.2 Å². The Morgan fingerprint density at radius 1 is 0.905 bits per heavy atom. The maximum absolute atomic E-state index is 6.42. The first-order chi connectivity index (χ1) is 10.0. The highest BCUT2D eigenvalue weighted by Gasteiger charge is 2.33. The van der Waals surface area contributed by atoms with E-state index in [2.05, 4.69) is 59.9 Å². The van der Waals surface area contributed by atoms with Crippen molar-refractivity contribution in [3.63, 3.8) is 0 Å². The van der Waals surface area contributed by atoms with E-state index in [0.29, 0.717) is 0 Å². The second kappa shape index (κ2) is 7.83. The quantitative estimate of drug-likeness (QED) is 0.375. The van der Waals surface area contributed by atoms with Crippen molar-refractivity contribution in [3.8, 4) is 0 Å². The average molecular weight is 516 g/mol. The number of rotatable bonds is 5. The minimum Gasteiger partial charge on any atom is -0.0918 e. The summed E-state index contributed by atoms with van der Waals surface area (Å²) in [6, 6.07) is 14.0. The molecule has 0 aliphatic carbocycles. The number of benzene rings is 2. The van der Waals surface area contributed by atoms with E-state index >= 15 is 0 Å². The lowest BCUT2D eigenvalue weighted by Crippen LogP contribution is -2.33. The van der Waals surface area contributed by atoms with Crippen LogP contribution in [0.25, 0.3) is 0 Å². The van der Waals surface area contributed by atoms with Gasteiger partial charge in [-0.1, -0.05) is 95.3 Å². The molecule has 0 nitrogen and oxygen atoms in total. The summed E-state index contributed by atoms with van der Waals surface area (Å²) in [6.07, 6.45) is 0.805. The van der Waals surface area contributed by atoms with Gasteiger partial charge in [-0.25, -0.2) is 0 Å². The Bertz CT molecular complexity index is 625. The largest absolute Gasteiger partial charge is 0.0918 e. The first-order valence-electron chi connectivity index (χ1n) is 6.33. The van der Waals surface area contributed by atoms with E-state index in [1.54, 1.807) is 0 Å². The Labute approximate surface area is 160 Å². The van der Waals surface area contributed by atoms with Gasteiger partial charge in [0, 0.05) is 30.6 Å². The molecule has 0 aliphatic heterocycles. The van der Waals surface area contributed by atoms with E-state index < -0.39 is 0 Å². The Morgan fingerprint density at radius 3 is 2.14 bits per heavy atom. The standard InChI is InChI=1S/C16H13Br3Cl2/c17-9-16(10-18,13-3-1-2-4-14(13)20)8-11-5-6-12(19)7-15(11)21/h1-7H,8-10H2. The van der Waals surface area contributed by atoms with Crippen LogP contribution in [0.4, 0.5) is 0 Å². The molecule has 112 valence electrons. The summed E-state index contributed by atoms with van der Waals surface area (Å²) in [6.45, 7) is 0. The fraction of sp³-hybridized carbons (Fsp3) is 0.250. The fourth-order valence-corrected chi connectivity index (χ4v) is 5.30. The van der Waals surface area contributed by atoms with Crippen molar-refractivity contribution in [2.75, 3.05) is 10.7 Å². The molecule has 5 heteroatoms. The van der Waals surface area contributed by atoms with Crippen LogP contribution in [0, 0.1) is 0 Å². The van der Waals surface area contributed by atoms with Gasteiger partial charge in [0.15, 0.2) is 0 Å².